The monoisotopic (exact) mass is 628 g/mol. The highest BCUT2D eigenvalue weighted by Crippen LogP contribution is 2.54. The van der Waals surface area contributed by atoms with Gasteiger partial charge >= 0.3 is 6.18 Å². The Morgan fingerprint density at radius 1 is 1.09 bits per heavy atom. The number of aliphatic hydroxyl groups is 3. The van der Waals surface area contributed by atoms with Crippen LogP contribution in [-0.2, 0) is 38.9 Å². The Hall–Kier alpha value is -4.16. The van der Waals surface area contributed by atoms with E-state index in [4.69, 9.17) is 5.73 Å². The molecular formula is C33H35F3N2O7. The number of halogens is 3. The van der Waals surface area contributed by atoms with Crippen LogP contribution in [0.15, 0.2) is 53.3 Å². The largest absolute Gasteiger partial charge is 0.508 e. The molecule has 12 heteroatoms. The normalized spacial score (nSPS) is 23.6. The maximum Gasteiger partial charge on any atom is 0.417 e. The van der Waals surface area contributed by atoms with Crippen molar-refractivity contribution in [2.45, 2.75) is 63.8 Å². The summed E-state index contributed by atoms with van der Waals surface area (Å²) in [7, 11) is 0. The van der Waals surface area contributed by atoms with Gasteiger partial charge in [-0.2, -0.15) is 13.2 Å². The number of ketones is 2. The lowest BCUT2D eigenvalue weighted by Crippen LogP contribution is -2.58. The fourth-order valence-electron chi connectivity index (χ4n) is 7.30. The number of phenolic OH excluding ortho intramolecular Hbond substituents is 1. The number of primary amides is 1. The predicted molar refractivity (Wildman–Crippen MR) is 157 cm³/mol. The quantitative estimate of drug-likeness (QED) is 0.285. The van der Waals surface area contributed by atoms with Crippen molar-refractivity contribution >= 4 is 23.2 Å². The van der Waals surface area contributed by atoms with Gasteiger partial charge in [0.25, 0.3) is 5.91 Å². The number of benzene rings is 2. The SMILES string of the molecule is CCN(Cc1cc(O)c2c(c1C(F)(F)F)CC1C[C@H]3CC(=O)C(C(N)=O)=C(O)[C@@]3(O)C(=O)C1=C2O)CC(C)(C)c1ccccc1. The van der Waals surface area contributed by atoms with E-state index in [0.717, 1.165) is 11.6 Å². The van der Waals surface area contributed by atoms with E-state index in [1.165, 1.54) is 0 Å². The summed E-state index contributed by atoms with van der Waals surface area (Å²) in [5.41, 5.74) is -0.716. The molecule has 45 heavy (non-hydrogen) atoms. The van der Waals surface area contributed by atoms with Gasteiger partial charge in [0.2, 0.25) is 5.78 Å². The van der Waals surface area contributed by atoms with Crippen LogP contribution in [0.5, 0.6) is 5.75 Å². The lowest BCUT2D eigenvalue weighted by atomic mass is 9.59. The Morgan fingerprint density at radius 3 is 2.31 bits per heavy atom. The van der Waals surface area contributed by atoms with E-state index in [2.05, 4.69) is 0 Å². The van der Waals surface area contributed by atoms with Crippen LogP contribution in [0.1, 0.15) is 61.4 Å². The molecule has 1 saturated carbocycles. The number of carbonyl (C=O) groups excluding carboxylic acids is 3. The fourth-order valence-corrected chi connectivity index (χ4v) is 7.30. The highest BCUT2D eigenvalue weighted by atomic mass is 19.4. The number of nitrogens with two attached hydrogens (primary N) is 1. The molecule has 0 aliphatic heterocycles. The molecule has 1 unspecified atom stereocenters. The van der Waals surface area contributed by atoms with Gasteiger partial charge in [-0.15, -0.1) is 0 Å². The minimum atomic E-state index is -4.91. The summed E-state index contributed by atoms with van der Waals surface area (Å²) >= 11 is 0. The summed E-state index contributed by atoms with van der Waals surface area (Å²) in [6.45, 7) is 6.42. The topological polar surface area (TPSA) is 161 Å². The van der Waals surface area contributed by atoms with Crippen molar-refractivity contribution < 1.29 is 48.0 Å². The predicted octanol–water partition coefficient (Wildman–Crippen LogP) is 4.24. The summed E-state index contributed by atoms with van der Waals surface area (Å²) in [5, 5.41) is 44.4. The number of alkyl halides is 3. The minimum absolute atomic E-state index is 0.172. The Bertz CT molecular complexity index is 1660. The molecule has 3 aliphatic rings. The summed E-state index contributed by atoms with van der Waals surface area (Å²) in [4.78, 5) is 39.9. The minimum Gasteiger partial charge on any atom is -0.508 e. The molecule has 0 aromatic heterocycles. The van der Waals surface area contributed by atoms with Crippen molar-refractivity contribution in [2.75, 3.05) is 13.1 Å². The number of phenols is 1. The zero-order valence-electron chi connectivity index (χ0n) is 25.0. The summed E-state index contributed by atoms with van der Waals surface area (Å²) in [6, 6.07) is 10.5. The first-order chi connectivity index (χ1) is 20.9. The van der Waals surface area contributed by atoms with Crippen LogP contribution in [0.3, 0.4) is 0 Å². The van der Waals surface area contributed by atoms with Gasteiger partial charge < -0.3 is 26.2 Å². The highest BCUT2D eigenvalue weighted by molar-refractivity contribution is 6.22. The van der Waals surface area contributed by atoms with E-state index >= 15 is 0 Å². The standard InChI is InChI=1S/C33H35F3N2O7/c1-4-38(15-31(2,3)18-8-6-5-7-9-18)14-17-12-21(39)24-20(26(17)33(34,35)36)11-16-10-19-13-22(40)25(30(37)44)29(43)32(19,45)28(42)23(16)27(24)41/h5-9,12,16,19,39,41,43,45H,4,10-11,13-15H2,1-3H3,(H2,37,44)/t16?,19-,32-/m0/s1. The van der Waals surface area contributed by atoms with E-state index in [9.17, 15) is 48.0 Å². The maximum absolute atomic E-state index is 14.9. The maximum atomic E-state index is 14.9. The number of Topliss-reactive ketones (excluding diaryl/α,β-unsaturated/α-hetero) is 2. The van der Waals surface area contributed by atoms with Gasteiger partial charge in [-0.25, -0.2) is 0 Å². The van der Waals surface area contributed by atoms with Crippen LogP contribution in [-0.4, -0.2) is 61.5 Å². The molecule has 0 saturated heterocycles. The second kappa shape index (κ2) is 11.0. The number of aromatic hydroxyl groups is 1. The molecular weight excluding hydrogens is 593 g/mol. The number of rotatable bonds is 7. The second-order valence-electron chi connectivity index (χ2n) is 12.7. The van der Waals surface area contributed by atoms with Gasteiger partial charge in [-0.05, 0) is 48.1 Å². The second-order valence-corrected chi connectivity index (χ2v) is 12.7. The van der Waals surface area contributed by atoms with Crippen LogP contribution < -0.4 is 5.73 Å². The molecule has 3 aliphatic carbocycles. The molecule has 240 valence electrons. The van der Waals surface area contributed by atoms with Crippen molar-refractivity contribution in [3.05, 3.63) is 81.1 Å². The van der Waals surface area contributed by atoms with Crippen molar-refractivity contribution in [3.8, 4) is 5.75 Å². The third kappa shape index (κ3) is 5.19. The zero-order valence-corrected chi connectivity index (χ0v) is 25.0. The number of aliphatic hydroxyl groups excluding tert-OH is 2. The van der Waals surface area contributed by atoms with Crippen molar-refractivity contribution in [1.29, 1.82) is 0 Å². The van der Waals surface area contributed by atoms with Crippen molar-refractivity contribution in [1.82, 2.24) is 4.90 Å². The van der Waals surface area contributed by atoms with Crippen molar-refractivity contribution in [3.63, 3.8) is 0 Å². The number of likely N-dealkylation sites (N-methyl/N-ethyl adjacent to an activating group) is 1. The first-order valence-electron chi connectivity index (χ1n) is 14.6. The van der Waals surface area contributed by atoms with E-state index in [1.807, 2.05) is 56.0 Å². The van der Waals surface area contributed by atoms with Gasteiger partial charge in [0.05, 0.1) is 11.1 Å². The number of nitrogens with zero attached hydrogens (tertiary/aromatic N) is 1. The number of fused-ring (bicyclic) bond motifs is 3. The number of hydrogen-bond acceptors (Lipinski definition) is 8. The third-order valence-electron chi connectivity index (χ3n) is 9.45. The number of hydrogen-bond donors (Lipinski definition) is 5. The molecule has 9 nitrogen and oxygen atoms in total. The molecule has 1 amide bonds. The Labute approximate surface area is 257 Å². The van der Waals surface area contributed by atoms with Gasteiger partial charge in [-0.1, -0.05) is 51.1 Å². The molecule has 2 aromatic rings. The van der Waals surface area contributed by atoms with Gasteiger partial charge in [0, 0.05) is 36.4 Å². The average molecular weight is 629 g/mol. The Morgan fingerprint density at radius 2 is 1.73 bits per heavy atom. The summed E-state index contributed by atoms with van der Waals surface area (Å²) < 4.78 is 44.6. The van der Waals surface area contributed by atoms with Crippen LogP contribution in [0.2, 0.25) is 0 Å². The van der Waals surface area contributed by atoms with Crippen LogP contribution in [0.25, 0.3) is 5.76 Å². The summed E-state index contributed by atoms with van der Waals surface area (Å²) in [6.07, 6.45) is -6.18. The first-order valence-corrected chi connectivity index (χ1v) is 14.6. The van der Waals surface area contributed by atoms with Crippen molar-refractivity contribution in [2.24, 2.45) is 17.6 Å². The highest BCUT2D eigenvalue weighted by Gasteiger charge is 2.60. The average Bonchev–Trinajstić information content (AvgIpc) is 2.93. The van der Waals surface area contributed by atoms with E-state index in [-0.39, 0.29) is 18.5 Å². The Kier molecular flexibility index (Phi) is 7.90. The first kappa shape index (κ1) is 32.2. The van der Waals surface area contributed by atoms with Crippen LogP contribution in [0.4, 0.5) is 13.2 Å². The smallest absolute Gasteiger partial charge is 0.417 e. The van der Waals surface area contributed by atoms with Gasteiger partial charge in [-0.3, -0.25) is 19.3 Å². The molecule has 0 bridgehead atoms. The van der Waals surface area contributed by atoms with E-state index in [0.29, 0.717) is 13.1 Å². The lowest BCUT2D eigenvalue weighted by Gasteiger charge is -2.46. The molecule has 5 rings (SSSR count). The zero-order chi connectivity index (χ0) is 33.2. The number of amides is 1. The third-order valence-corrected chi connectivity index (χ3v) is 9.45. The Balaban J connectivity index is 1.61. The lowest BCUT2D eigenvalue weighted by molar-refractivity contribution is -0.147. The van der Waals surface area contributed by atoms with E-state index < -0.39 is 104 Å². The van der Waals surface area contributed by atoms with Crippen LogP contribution >= 0.6 is 0 Å². The van der Waals surface area contributed by atoms with E-state index in [1.54, 1.807) is 0 Å². The number of carbonyl (C=O) groups is 3. The molecule has 0 heterocycles. The molecule has 6 N–H and O–H groups in total. The molecule has 2 aromatic carbocycles. The molecule has 0 spiro atoms. The molecule has 0 radical (unpaired) electrons. The fraction of sp³-hybridized carbons (Fsp3) is 0.424. The molecule has 1 fully saturated rings. The van der Waals surface area contributed by atoms with Gasteiger partial charge in [0.1, 0.15) is 22.8 Å². The molecule has 3 atom stereocenters. The van der Waals surface area contributed by atoms with Gasteiger partial charge in [0.15, 0.2) is 11.4 Å². The summed E-state index contributed by atoms with van der Waals surface area (Å²) in [5.74, 6) is -8.81. The van der Waals surface area contributed by atoms with Crippen LogP contribution in [0, 0.1) is 11.8 Å².